The molecular formula is C13H10O7. The Morgan fingerprint density at radius 2 is 1.90 bits per heavy atom. The highest BCUT2D eigenvalue weighted by Gasteiger charge is 2.30. The van der Waals surface area contributed by atoms with Gasteiger partial charge in [-0.25, -0.2) is 14.4 Å². The minimum absolute atomic E-state index is 0.00432. The van der Waals surface area contributed by atoms with Crippen molar-refractivity contribution in [2.45, 2.75) is 19.4 Å². The summed E-state index contributed by atoms with van der Waals surface area (Å²) in [6.45, 7) is 1.44. The predicted octanol–water partition coefficient (Wildman–Crippen LogP) is 1.02. The van der Waals surface area contributed by atoms with E-state index in [-0.39, 0.29) is 23.1 Å². The van der Waals surface area contributed by atoms with Gasteiger partial charge in [-0.15, -0.1) is 0 Å². The molecule has 0 spiro atoms. The van der Waals surface area contributed by atoms with Gasteiger partial charge in [0.05, 0.1) is 23.1 Å². The summed E-state index contributed by atoms with van der Waals surface area (Å²) in [5.41, 5.74) is 0.133. The summed E-state index contributed by atoms with van der Waals surface area (Å²) in [6.07, 6.45) is -1.13. The zero-order valence-corrected chi connectivity index (χ0v) is 10.4. The molecule has 0 fully saturated rings. The number of hydrogen-bond donors (Lipinski definition) is 1. The van der Waals surface area contributed by atoms with Crippen LogP contribution in [0.5, 0.6) is 0 Å². The van der Waals surface area contributed by atoms with Crippen LogP contribution in [0.15, 0.2) is 18.2 Å². The molecular weight excluding hydrogens is 268 g/mol. The molecule has 2 rings (SSSR count). The zero-order valence-electron chi connectivity index (χ0n) is 10.4. The Kier molecular flexibility index (Phi) is 3.51. The van der Waals surface area contributed by atoms with E-state index in [4.69, 9.17) is 9.84 Å². The van der Waals surface area contributed by atoms with Crippen molar-refractivity contribution in [3.05, 3.63) is 34.9 Å². The van der Waals surface area contributed by atoms with Crippen LogP contribution in [0, 0.1) is 0 Å². The second-order valence-electron chi connectivity index (χ2n) is 4.25. The molecule has 0 saturated carbocycles. The monoisotopic (exact) mass is 278 g/mol. The summed E-state index contributed by atoms with van der Waals surface area (Å²) in [6, 6.07) is 3.80. The lowest BCUT2D eigenvalue weighted by Gasteiger charge is -2.11. The molecule has 1 aromatic rings. The molecule has 104 valence electrons. The zero-order chi connectivity index (χ0) is 14.9. The number of fused-ring (bicyclic) bond motifs is 1. The molecule has 7 heteroatoms. The third-order valence-electron chi connectivity index (χ3n) is 2.65. The minimum Gasteiger partial charge on any atom is -0.481 e. The van der Waals surface area contributed by atoms with E-state index in [2.05, 4.69) is 4.74 Å². The normalized spacial score (nSPS) is 14.4. The summed E-state index contributed by atoms with van der Waals surface area (Å²) in [7, 11) is 0. The lowest BCUT2D eigenvalue weighted by atomic mass is 10.1. The van der Waals surface area contributed by atoms with E-state index >= 15 is 0 Å². The maximum Gasteiger partial charge on any atom is 0.346 e. The molecule has 7 nitrogen and oxygen atoms in total. The lowest BCUT2D eigenvalue weighted by molar-refractivity contribution is -0.138. The molecule has 1 aromatic carbocycles. The van der Waals surface area contributed by atoms with Crippen molar-refractivity contribution < 1.29 is 33.8 Å². The lowest BCUT2D eigenvalue weighted by Crippen LogP contribution is -2.18. The van der Waals surface area contributed by atoms with E-state index in [0.717, 1.165) is 0 Å². The molecule has 0 aliphatic carbocycles. The molecule has 1 heterocycles. The molecule has 1 N–H and O–H groups in total. The number of cyclic esters (lactones) is 2. The van der Waals surface area contributed by atoms with Crippen molar-refractivity contribution in [1.29, 1.82) is 0 Å². The number of carbonyl (C=O) groups excluding carboxylic acids is 3. The number of esters is 3. The number of benzene rings is 1. The van der Waals surface area contributed by atoms with Gasteiger partial charge in [-0.2, -0.15) is 0 Å². The summed E-state index contributed by atoms with van der Waals surface area (Å²) >= 11 is 0. The first-order valence-corrected chi connectivity index (χ1v) is 5.72. The molecule has 20 heavy (non-hydrogen) atoms. The van der Waals surface area contributed by atoms with Crippen molar-refractivity contribution in [3.63, 3.8) is 0 Å². The van der Waals surface area contributed by atoms with E-state index < -0.39 is 30.0 Å². The van der Waals surface area contributed by atoms with Crippen LogP contribution in [-0.2, 0) is 14.3 Å². The standard InChI is InChI=1S/C13H10O7/c1-6(4-10(14)15)19-11(16)7-2-3-8-9(5-7)13(18)20-12(8)17/h2-3,5-6H,4H2,1H3,(H,14,15). The van der Waals surface area contributed by atoms with Crippen molar-refractivity contribution in [3.8, 4) is 0 Å². The smallest absolute Gasteiger partial charge is 0.346 e. The molecule has 1 aliphatic heterocycles. The van der Waals surface area contributed by atoms with Crippen LogP contribution in [0.3, 0.4) is 0 Å². The topological polar surface area (TPSA) is 107 Å². The van der Waals surface area contributed by atoms with Gasteiger partial charge < -0.3 is 14.6 Å². The second-order valence-corrected chi connectivity index (χ2v) is 4.25. The largest absolute Gasteiger partial charge is 0.481 e. The molecule has 0 saturated heterocycles. The minimum atomic E-state index is -1.09. The molecule has 0 amide bonds. The van der Waals surface area contributed by atoms with Gasteiger partial charge in [0, 0.05) is 0 Å². The van der Waals surface area contributed by atoms with Crippen molar-refractivity contribution in [2.75, 3.05) is 0 Å². The van der Waals surface area contributed by atoms with Gasteiger partial charge >= 0.3 is 23.9 Å². The first-order valence-electron chi connectivity index (χ1n) is 5.72. The fourth-order valence-corrected chi connectivity index (χ4v) is 1.75. The molecule has 1 atom stereocenters. The molecule has 1 aliphatic rings. The Bertz CT molecular complexity index is 617. The van der Waals surface area contributed by atoms with Gasteiger partial charge in [-0.3, -0.25) is 4.79 Å². The van der Waals surface area contributed by atoms with Crippen molar-refractivity contribution >= 4 is 23.9 Å². The summed E-state index contributed by atoms with van der Waals surface area (Å²) in [4.78, 5) is 44.8. The van der Waals surface area contributed by atoms with Crippen molar-refractivity contribution in [2.24, 2.45) is 0 Å². The molecule has 0 bridgehead atoms. The van der Waals surface area contributed by atoms with Crippen LogP contribution in [-0.4, -0.2) is 35.1 Å². The second kappa shape index (κ2) is 5.12. The van der Waals surface area contributed by atoms with E-state index in [1.54, 1.807) is 0 Å². The highest BCUT2D eigenvalue weighted by Crippen LogP contribution is 2.21. The summed E-state index contributed by atoms with van der Waals surface area (Å²) in [5.74, 6) is -3.44. The third-order valence-corrected chi connectivity index (χ3v) is 2.65. The van der Waals surface area contributed by atoms with Crippen LogP contribution in [0.4, 0.5) is 0 Å². The van der Waals surface area contributed by atoms with Crippen LogP contribution in [0.25, 0.3) is 0 Å². The van der Waals surface area contributed by atoms with Crippen LogP contribution < -0.4 is 0 Å². The van der Waals surface area contributed by atoms with E-state index in [1.807, 2.05) is 0 Å². The average molecular weight is 278 g/mol. The number of rotatable bonds is 4. The third kappa shape index (κ3) is 2.66. The van der Waals surface area contributed by atoms with Gasteiger partial charge in [0.1, 0.15) is 6.10 Å². The first-order chi connectivity index (χ1) is 9.38. The van der Waals surface area contributed by atoms with Crippen LogP contribution in [0.1, 0.15) is 44.4 Å². The average Bonchev–Trinajstić information content (AvgIpc) is 2.63. The number of carboxylic acids is 1. The van der Waals surface area contributed by atoms with E-state index in [9.17, 15) is 19.2 Å². The number of aliphatic carboxylic acids is 1. The fraction of sp³-hybridized carbons (Fsp3) is 0.231. The Morgan fingerprint density at radius 3 is 2.55 bits per heavy atom. The molecule has 0 aromatic heterocycles. The van der Waals surface area contributed by atoms with Gasteiger partial charge in [0.2, 0.25) is 0 Å². The van der Waals surface area contributed by atoms with Crippen molar-refractivity contribution in [1.82, 2.24) is 0 Å². The molecule has 0 radical (unpaired) electrons. The number of carboxylic acid groups (broad SMARTS) is 1. The Labute approximate surface area is 113 Å². The summed E-state index contributed by atoms with van der Waals surface area (Å²) in [5, 5.41) is 8.57. The Balaban J connectivity index is 2.16. The van der Waals surface area contributed by atoms with Crippen LogP contribution >= 0.6 is 0 Å². The first kappa shape index (κ1) is 13.7. The predicted molar refractivity (Wildman–Crippen MR) is 63.3 cm³/mol. The van der Waals surface area contributed by atoms with Gasteiger partial charge in [-0.05, 0) is 25.1 Å². The highest BCUT2D eigenvalue weighted by atomic mass is 16.6. The number of carbonyl (C=O) groups is 4. The Hall–Kier alpha value is -2.70. The maximum absolute atomic E-state index is 11.8. The highest BCUT2D eigenvalue weighted by molar-refractivity contribution is 6.15. The maximum atomic E-state index is 11.8. The van der Waals surface area contributed by atoms with Crippen LogP contribution in [0.2, 0.25) is 0 Å². The fourth-order valence-electron chi connectivity index (χ4n) is 1.75. The molecule has 1 unspecified atom stereocenters. The van der Waals surface area contributed by atoms with Gasteiger partial charge in [0.25, 0.3) is 0 Å². The summed E-state index contributed by atoms with van der Waals surface area (Å²) < 4.78 is 9.30. The van der Waals surface area contributed by atoms with Gasteiger partial charge in [-0.1, -0.05) is 0 Å². The quantitative estimate of drug-likeness (QED) is 0.647. The Morgan fingerprint density at radius 1 is 1.25 bits per heavy atom. The SMILES string of the molecule is CC(CC(=O)O)OC(=O)c1ccc2c(c1)C(=O)OC2=O. The van der Waals surface area contributed by atoms with E-state index in [1.165, 1.54) is 25.1 Å². The van der Waals surface area contributed by atoms with E-state index in [0.29, 0.717) is 0 Å². The number of ether oxygens (including phenoxy) is 2. The number of hydrogen-bond acceptors (Lipinski definition) is 6. The van der Waals surface area contributed by atoms with Gasteiger partial charge in [0.15, 0.2) is 0 Å².